The topological polar surface area (TPSA) is 81.8 Å². The Bertz CT molecular complexity index is 337. The summed E-state index contributed by atoms with van der Waals surface area (Å²) in [5, 5.41) is 9.25. The van der Waals surface area contributed by atoms with Crippen LogP contribution in [-0.4, -0.2) is 25.2 Å². The largest absolute Gasteiger partial charge is 0.508 e. The third-order valence-corrected chi connectivity index (χ3v) is 1.74. The van der Waals surface area contributed by atoms with E-state index in [1.54, 1.807) is 0 Å². The Hall–Kier alpha value is -1.91. The van der Waals surface area contributed by atoms with Gasteiger partial charge in [-0.3, -0.25) is 4.79 Å². The number of benzene rings is 1. The number of aromatic hydroxyl groups is 1. The lowest BCUT2D eigenvalue weighted by Crippen LogP contribution is -2.13. The molecular weight excluding hydrogens is 186 g/mol. The maximum absolute atomic E-state index is 11.1. The van der Waals surface area contributed by atoms with E-state index < -0.39 is 5.91 Å². The lowest BCUT2D eigenvalue weighted by molar-refractivity contribution is 0.0994. The van der Waals surface area contributed by atoms with Gasteiger partial charge in [0.25, 0.3) is 5.91 Å². The molecule has 0 heterocycles. The van der Waals surface area contributed by atoms with E-state index in [9.17, 15) is 9.90 Å². The molecule has 0 fully saturated rings. The molecule has 76 valence electrons. The Labute approximate surface area is 81.0 Å². The summed E-state index contributed by atoms with van der Waals surface area (Å²) in [7, 11) is 2.75. The number of phenolic OH excluding ortho intramolecular Hbond substituents is 1. The minimum Gasteiger partial charge on any atom is -0.508 e. The van der Waals surface area contributed by atoms with E-state index in [0.29, 0.717) is 0 Å². The summed E-state index contributed by atoms with van der Waals surface area (Å²) < 4.78 is 9.78. The van der Waals surface area contributed by atoms with Crippen LogP contribution >= 0.6 is 0 Å². The zero-order chi connectivity index (χ0) is 10.7. The fraction of sp³-hybridized carbons (Fsp3) is 0.222. The van der Waals surface area contributed by atoms with E-state index in [1.807, 2.05) is 0 Å². The van der Waals surface area contributed by atoms with Crippen LogP contribution in [0, 0.1) is 0 Å². The summed E-state index contributed by atoms with van der Waals surface area (Å²) in [6.07, 6.45) is 0. The standard InChI is InChI=1S/C9H11NO4/c1-13-6-3-5(11)4-7(14-2)8(6)9(10)12/h3-4,11H,1-2H3,(H2,10,12). The summed E-state index contributed by atoms with van der Waals surface area (Å²) >= 11 is 0. The highest BCUT2D eigenvalue weighted by atomic mass is 16.5. The molecule has 0 radical (unpaired) electrons. The van der Waals surface area contributed by atoms with Crippen LogP contribution < -0.4 is 15.2 Å². The molecular formula is C9H11NO4. The molecule has 0 aliphatic rings. The molecule has 0 spiro atoms. The van der Waals surface area contributed by atoms with Crippen molar-refractivity contribution in [3.05, 3.63) is 17.7 Å². The van der Waals surface area contributed by atoms with E-state index in [4.69, 9.17) is 15.2 Å². The molecule has 1 aromatic carbocycles. The smallest absolute Gasteiger partial charge is 0.256 e. The van der Waals surface area contributed by atoms with Crippen LogP contribution in [-0.2, 0) is 0 Å². The molecule has 3 N–H and O–H groups in total. The minimum atomic E-state index is -0.668. The van der Waals surface area contributed by atoms with Gasteiger partial charge in [0.1, 0.15) is 22.8 Å². The molecule has 0 bridgehead atoms. The van der Waals surface area contributed by atoms with E-state index in [2.05, 4.69) is 0 Å². The van der Waals surface area contributed by atoms with Crippen molar-refractivity contribution in [1.82, 2.24) is 0 Å². The van der Waals surface area contributed by atoms with Gasteiger partial charge in [-0.05, 0) is 0 Å². The molecule has 1 aromatic rings. The van der Waals surface area contributed by atoms with Crippen LogP contribution in [0.5, 0.6) is 17.2 Å². The van der Waals surface area contributed by atoms with Gasteiger partial charge in [-0.2, -0.15) is 0 Å². The third kappa shape index (κ3) is 1.71. The van der Waals surface area contributed by atoms with Gasteiger partial charge >= 0.3 is 0 Å². The van der Waals surface area contributed by atoms with Crippen LogP contribution in [0.4, 0.5) is 0 Å². The number of methoxy groups -OCH3 is 2. The first-order valence-electron chi connectivity index (χ1n) is 3.85. The molecule has 5 heteroatoms. The van der Waals surface area contributed by atoms with Crippen LogP contribution in [0.25, 0.3) is 0 Å². The number of rotatable bonds is 3. The van der Waals surface area contributed by atoms with Gasteiger partial charge in [0.15, 0.2) is 0 Å². The van der Waals surface area contributed by atoms with Gasteiger partial charge in [-0.25, -0.2) is 0 Å². The lowest BCUT2D eigenvalue weighted by Gasteiger charge is -2.10. The predicted molar refractivity (Wildman–Crippen MR) is 49.7 cm³/mol. The van der Waals surface area contributed by atoms with Gasteiger partial charge < -0.3 is 20.3 Å². The average Bonchev–Trinajstić information content (AvgIpc) is 2.15. The number of nitrogens with two attached hydrogens (primary N) is 1. The monoisotopic (exact) mass is 197 g/mol. The van der Waals surface area contributed by atoms with E-state index >= 15 is 0 Å². The molecule has 0 aromatic heterocycles. The van der Waals surface area contributed by atoms with Crippen molar-refractivity contribution in [3.8, 4) is 17.2 Å². The van der Waals surface area contributed by atoms with Gasteiger partial charge in [-0.15, -0.1) is 0 Å². The van der Waals surface area contributed by atoms with Crippen LogP contribution in [0.15, 0.2) is 12.1 Å². The Balaban J connectivity index is 3.40. The number of hydrogen-bond acceptors (Lipinski definition) is 4. The number of primary amides is 1. The number of phenols is 1. The van der Waals surface area contributed by atoms with Gasteiger partial charge in [0, 0.05) is 12.1 Å². The zero-order valence-electron chi connectivity index (χ0n) is 7.90. The Morgan fingerprint density at radius 1 is 1.29 bits per heavy atom. The Kier molecular flexibility index (Phi) is 2.81. The number of carbonyl (C=O) groups excluding carboxylic acids is 1. The van der Waals surface area contributed by atoms with Crippen LogP contribution in [0.1, 0.15) is 10.4 Å². The summed E-state index contributed by atoms with van der Waals surface area (Å²) in [6, 6.07) is 2.59. The summed E-state index contributed by atoms with van der Waals surface area (Å²) in [6.45, 7) is 0. The van der Waals surface area contributed by atoms with E-state index in [-0.39, 0.29) is 22.8 Å². The fourth-order valence-electron chi connectivity index (χ4n) is 1.14. The SMILES string of the molecule is COc1cc(O)cc(OC)c1C(N)=O. The zero-order valence-corrected chi connectivity index (χ0v) is 7.90. The van der Waals surface area contributed by atoms with Crippen molar-refractivity contribution >= 4 is 5.91 Å². The predicted octanol–water partition coefficient (Wildman–Crippen LogP) is 0.508. The second-order valence-electron chi connectivity index (χ2n) is 2.59. The molecule has 1 amide bonds. The molecule has 0 saturated carbocycles. The summed E-state index contributed by atoms with van der Waals surface area (Å²) in [5.74, 6) is -0.342. The van der Waals surface area contributed by atoms with Crippen molar-refractivity contribution < 1.29 is 19.4 Å². The average molecular weight is 197 g/mol. The van der Waals surface area contributed by atoms with Gasteiger partial charge in [-0.1, -0.05) is 0 Å². The molecule has 0 atom stereocenters. The molecule has 5 nitrogen and oxygen atoms in total. The van der Waals surface area contributed by atoms with Crippen molar-refractivity contribution in [2.45, 2.75) is 0 Å². The van der Waals surface area contributed by atoms with Crippen molar-refractivity contribution in [2.24, 2.45) is 5.73 Å². The molecule has 0 saturated heterocycles. The quantitative estimate of drug-likeness (QED) is 0.739. The van der Waals surface area contributed by atoms with Gasteiger partial charge in [0.2, 0.25) is 0 Å². The molecule has 0 aliphatic heterocycles. The molecule has 14 heavy (non-hydrogen) atoms. The number of amides is 1. The number of ether oxygens (including phenoxy) is 2. The Morgan fingerprint density at radius 2 is 1.71 bits per heavy atom. The first-order chi connectivity index (χ1) is 6.60. The third-order valence-electron chi connectivity index (χ3n) is 1.74. The minimum absolute atomic E-state index is 0.0521. The number of hydrogen-bond donors (Lipinski definition) is 2. The van der Waals surface area contributed by atoms with E-state index in [0.717, 1.165) is 0 Å². The highest BCUT2D eigenvalue weighted by Gasteiger charge is 2.16. The van der Waals surface area contributed by atoms with Crippen molar-refractivity contribution in [1.29, 1.82) is 0 Å². The fourth-order valence-corrected chi connectivity index (χ4v) is 1.14. The van der Waals surface area contributed by atoms with E-state index in [1.165, 1.54) is 26.4 Å². The molecule has 0 aliphatic carbocycles. The maximum atomic E-state index is 11.1. The highest BCUT2D eigenvalue weighted by Crippen LogP contribution is 2.32. The summed E-state index contributed by atoms with van der Waals surface area (Å²) in [5.41, 5.74) is 5.25. The van der Waals surface area contributed by atoms with Gasteiger partial charge in [0.05, 0.1) is 14.2 Å². The lowest BCUT2D eigenvalue weighted by atomic mass is 10.1. The second-order valence-corrected chi connectivity index (χ2v) is 2.59. The van der Waals surface area contributed by atoms with Crippen molar-refractivity contribution in [3.63, 3.8) is 0 Å². The first kappa shape index (κ1) is 10.2. The normalized spacial score (nSPS) is 9.57. The first-order valence-corrected chi connectivity index (χ1v) is 3.85. The summed E-state index contributed by atoms with van der Waals surface area (Å²) in [4.78, 5) is 11.1. The maximum Gasteiger partial charge on any atom is 0.256 e. The molecule has 1 rings (SSSR count). The van der Waals surface area contributed by atoms with Crippen LogP contribution in [0.2, 0.25) is 0 Å². The highest BCUT2D eigenvalue weighted by molar-refractivity contribution is 5.98. The Morgan fingerprint density at radius 3 is 2.00 bits per heavy atom. The second kappa shape index (κ2) is 3.87. The van der Waals surface area contributed by atoms with Crippen molar-refractivity contribution in [2.75, 3.05) is 14.2 Å². The molecule has 0 unspecified atom stereocenters. The van der Waals surface area contributed by atoms with Crippen LogP contribution in [0.3, 0.4) is 0 Å². The number of carbonyl (C=O) groups is 1.